The Balaban J connectivity index is 2.76. The van der Waals surface area contributed by atoms with Crippen molar-refractivity contribution in [1.29, 1.82) is 0 Å². The minimum atomic E-state index is -0.786. The van der Waals surface area contributed by atoms with Crippen molar-refractivity contribution in [2.45, 2.75) is 38.1 Å². The van der Waals surface area contributed by atoms with Crippen molar-refractivity contribution < 1.29 is 10.2 Å². The van der Waals surface area contributed by atoms with E-state index in [4.69, 9.17) is 11.5 Å². The van der Waals surface area contributed by atoms with E-state index in [1.807, 2.05) is 13.8 Å². The van der Waals surface area contributed by atoms with E-state index in [2.05, 4.69) is 0 Å². The van der Waals surface area contributed by atoms with E-state index in [1.54, 1.807) is 0 Å². The van der Waals surface area contributed by atoms with Gasteiger partial charge in [0.15, 0.2) is 0 Å². The van der Waals surface area contributed by atoms with Crippen LogP contribution in [-0.4, -0.2) is 34.5 Å². The summed E-state index contributed by atoms with van der Waals surface area (Å²) < 4.78 is 0. The van der Waals surface area contributed by atoms with Crippen molar-refractivity contribution in [1.82, 2.24) is 0 Å². The molecule has 1 aliphatic rings. The lowest BCUT2D eigenvalue weighted by Gasteiger charge is -2.43. The molecular weight excluding hydrogens is 156 g/mol. The SMILES string of the molecule is CC1C(N)C(O)C(N)C(O)[C@H]1C. The molecule has 1 saturated carbocycles. The lowest BCUT2D eigenvalue weighted by Crippen LogP contribution is -2.63. The maximum atomic E-state index is 9.56. The number of rotatable bonds is 0. The van der Waals surface area contributed by atoms with Gasteiger partial charge >= 0.3 is 0 Å². The van der Waals surface area contributed by atoms with Crippen molar-refractivity contribution >= 4 is 0 Å². The number of aliphatic hydroxyl groups is 2. The Labute approximate surface area is 72.6 Å². The van der Waals surface area contributed by atoms with Crippen LogP contribution >= 0.6 is 0 Å². The zero-order chi connectivity index (χ0) is 9.46. The van der Waals surface area contributed by atoms with Crippen molar-refractivity contribution in [3.8, 4) is 0 Å². The molecule has 6 N–H and O–H groups in total. The van der Waals surface area contributed by atoms with Gasteiger partial charge in [0.05, 0.1) is 18.2 Å². The second kappa shape index (κ2) is 3.30. The average Bonchev–Trinajstić information content (AvgIpc) is 2.08. The third-order valence-electron chi connectivity index (χ3n) is 3.16. The average molecular weight is 174 g/mol. The Morgan fingerprint density at radius 1 is 0.833 bits per heavy atom. The molecule has 0 bridgehead atoms. The first-order valence-electron chi connectivity index (χ1n) is 4.34. The molecule has 6 atom stereocenters. The quantitative estimate of drug-likeness (QED) is 0.365. The van der Waals surface area contributed by atoms with Gasteiger partial charge in [0, 0.05) is 6.04 Å². The molecule has 0 aromatic rings. The van der Waals surface area contributed by atoms with E-state index >= 15 is 0 Å². The van der Waals surface area contributed by atoms with Crippen molar-refractivity contribution in [2.75, 3.05) is 0 Å². The third kappa shape index (κ3) is 1.35. The van der Waals surface area contributed by atoms with Crippen LogP contribution < -0.4 is 11.5 Å². The summed E-state index contributed by atoms with van der Waals surface area (Å²) in [6.07, 6.45) is -1.43. The van der Waals surface area contributed by atoms with E-state index < -0.39 is 18.2 Å². The molecule has 0 spiro atoms. The highest BCUT2D eigenvalue weighted by Gasteiger charge is 2.42. The molecule has 5 unspecified atom stereocenters. The highest BCUT2D eigenvalue weighted by atomic mass is 16.3. The molecule has 12 heavy (non-hydrogen) atoms. The van der Waals surface area contributed by atoms with E-state index in [0.717, 1.165) is 0 Å². The number of nitrogens with two attached hydrogens (primary N) is 2. The van der Waals surface area contributed by atoms with Crippen LogP contribution in [0, 0.1) is 11.8 Å². The van der Waals surface area contributed by atoms with Crippen LogP contribution in [0.25, 0.3) is 0 Å². The fourth-order valence-corrected chi connectivity index (χ4v) is 1.78. The van der Waals surface area contributed by atoms with E-state index in [0.29, 0.717) is 0 Å². The Hall–Kier alpha value is -0.160. The first kappa shape index (κ1) is 9.92. The van der Waals surface area contributed by atoms with Gasteiger partial charge in [-0.25, -0.2) is 0 Å². The lowest BCUT2D eigenvalue weighted by molar-refractivity contribution is -0.0521. The summed E-state index contributed by atoms with van der Waals surface area (Å²) >= 11 is 0. The molecule has 1 rings (SSSR count). The predicted molar refractivity (Wildman–Crippen MR) is 46.3 cm³/mol. The summed E-state index contributed by atoms with van der Waals surface area (Å²) in [6.45, 7) is 3.83. The molecule has 4 nitrogen and oxygen atoms in total. The van der Waals surface area contributed by atoms with Gasteiger partial charge in [-0.15, -0.1) is 0 Å². The minimum absolute atomic E-state index is 0.0541. The maximum Gasteiger partial charge on any atom is 0.0869 e. The second-order valence-electron chi connectivity index (χ2n) is 3.85. The molecule has 0 aromatic heterocycles. The van der Waals surface area contributed by atoms with Crippen LogP contribution in [0.15, 0.2) is 0 Å². The molecule has 4 heteroatoms. The van der Waals surface area contributed by atoms with Gasteiger partial charge in [-0.05, 0) is 11.8 Å². The van der Waals surface area contributed by atoms with Crippen LogP contribution in [0.5, 0.6) is 0 Å². The van der Waals surface area contributed by atoms with Crippen LogP contribution in [0.1, 0.15) is 13.8 Å². The Morgan fingerprint density at radius 2 is 1.33 bits per heavy atom. The summed E-state index contributed by atoms with van der Waals surface area (Å²) in [5, 5.41) is 19.1. The summed E-state index contributed by atoms with van der Waals surface area (Å²) in [5.41, 5.74) is 11.3. The summed E-state index contributed by atoms with van der Waals surface area (Å²) in [6, 6.07) is -0.926. The normalized spacial score (nSPS) is 55.5. The fraction of sp³-hybridized carbons (Fsp3) is 1.00. The van der Waals surface area contributed by atoms with E-state index in [9.17, 15) is 10.2 Å². The topological polar surface area (TPSA) is 92.5 Å². The van der Waals surface area contributed by atoms with Crippen LogP contribution in [0.3, 0.4) is 0 Å². The fourth-order valence-electron chi connectivity index (χ4n) is 1.78. The van der Waals surface area contributed by atoms with Crippen molar-refractivity contribution in [2.24, 2.45) is 23.3 Å². The highest BCUT2D eigenvalue weighted by Crippen LogP contribution is 2.28. The first-order valence-corrected chi connectivity index (χ1v) is 4.34. The molecule has 0 aromatic carbocycles. The molecular formula is C8H18N2O2. The number of hydrogen-bond donors (Lipinski definition) is 4. The van der Waals surface area contributed by atoms with Crippen molar-refractivity contribution in [3.63, 3.8) is 0 Å². The zero-order valence-electron chi connectivity index (χ0n) is 7.51. The van der Waals surface area contributed by atoms with Gasteiger partial charge < -0.3 is 21.7 Å². The third-order valence-corrected chi connectivity index (χ3v) is 3.16. The van der Waals surface area contributed by atoms with Crippen molar-refractivity contribution in [3.05, 3.63) is 0 Å². The number of hydrogen-bond acceptors (Lipinski definition) is 4. The largest absolute Gasteiger partial charge is 0.391 e. The molecule has 0 heterocycles. The Kier molecular flexibility index (Phi) is 2.73. The maximum absolute atomic E-state index is 9.56. The van der Waals surface area contributed by atoms with Crippen LogP contribution in [-0.2, 0) is 0 Å². The molecule has 1 aliphatic carbocycles. The molecule has 1 fully saturated rings. The minimum Gasteiger partial charge on any atom is -0.391 e. The predicted octanol–water partition coefficient (Wildman–Crippen LogP) is -1.35. The highest BCUT2D eigenvalue weighted by molar-refractivity contribution is 4.98. The zero-order valence-corrected chi connectivity index (χ0v) is 7.51. The first-order chi connectivity index (χ1) is 5.46. The van der Waals surface area contributed by atoms with Gasteiger partial charge in [-0.1, -0.05) is 13.8 Å². The Morgan fingerprint density at radius 3 is 1.83 bits per heavy atom. The summed E-state index contributed by atoms with van der Waals surface area (Å²) in [5.74, 6) is 0.160. The summed E-state index contributed by atoms with van der Waals surface area (Å²) in [7, 11) is 0. The van der Waals surface area contributed by atoms with Gasteiger partial charge in [-0.2, -0.15) is 0 Å². The lowest BCUT2D eigenvalue weighted by atomic mass is 9.72. The standard InChI is InChI=1S/C8H18N2O2/c1-3-4(2)7(11)6(10)8(12)5(3)9/h3-8,11-12H,9-10H2,1-2H3/t3?,4-,5?,6?,7?,8?/m0/s1. The van der Waals surface area contributed by atoms with Gasteiger partial charge in [0.1, 0.15) is 0 Å². The monoisotopic (exact) mass is 174 g/mol. The second-order valence-corrected chi connectivity index (χ2v) is 3.85. The van der Waals surface area contributed by atoms with E-state index in [-0.39, 0.29) is 17.9 Å². The van der Waals surface area contributed by atoms with Crippen LogP contribution in [0.4, 0.5) is 0 Å². The van der Waals surface area contributed by atoms with Crippen LogP contribution in [0.2, 0.25) is 0 Å². The molecule has 72 valence electrons. The number of aliphatic hydroxyl groups excluding tert-OH is 2. The van der Waals surface area contributed by atoms with Gasteiger partial charge in [0.25, 0.3) is 0 Å². The van der Waals surface area contributed by atoms with Gasteiger partial charge in [0.2, 0.25) is 0 Å². The molecule has 0 radical (unpaired) electrons. The molecule has 0 saturated heterocycles. The smallest absolute Gasteiger partial charge is 0.0869 e. The van der Waals surface area contributed by atoms with E-state index in [1.165, 1.54) is 0 Å². The van der Waals surface area contributed by atoms with Gasteiger partial charge in [-0.3, -0.25) is 0 Å². The molecule has 0 amide bonds. The molecule has 0 aliphatic heterocycles. The summed E-state index contributed by atoms with van der Waals surface area (Å²) in [4.78, 5) is 0. The Bertz CT molecular complexity index is 107.